The number of aliphatic hydroxyl groups is 2. The third-order valence-corrected chi connectivity index (χ3v) is 11.0. The lowest BCUT2D eigenvalue weighted by Gasteiger charge is -2.21. The maximum atomic E-state index is 11.6. The number of nitrogen functional groups attached to an aromatic ring is 2. The highest BCUT2D eigenvalue weighted by molar-refractivity contribution is 7.85. The van der Waals surface area contributed by atoms with Gasteiger partial charge in [-0.25, -0.2) is 48.2 Å². The van der Waals surface area contributed by atoms with Gasteiger partial charge in [0.1, 0.15) is 60.3 Å². The van der Waals surface area contributed by atoms with E-state index in [1.807, 2.05) is 0 Å². The summed E-state index contributed by atoms with van der Waals surface area (Å²) in [5.41, 5.74) is 11.9. The molecule has 1 unspecified atom stereocenters. The number of imidazole rings is 2. The summed E-state index contributed by atoms with van der Waals surface area (Å²) in [6, 6.07) is 0. The lowest BCUT2D eigenvalue weighted by molar-refractivity contribution is -0.0502. The van der Waals surface area contributed by atoms with Crippen molar-refractivity contribution in [3.05, 3.63) is 25.3 Å². The number of phosphoric acid groups is 4. The van der Waals surface area contributed by atoms with Gasteiger partial charge in [-0.05, 0) is 0 Å². The molecule has 38 heteroatoms. The molecule has 33 nitrogen and oxygen atoms in total. The molecule has 0 saturated carbocycles. The number of ether oxygens (including phenoxy) is 2. The van der Waals surface area contributed by atoms with Gasteiger partial charge in [-0.15, -0.1) is 3.97 Å². The molecule has 0 aromatic carbocycles. The first-order valence-electron chi connectivity index (χ1n) is 15.0. The SMILES string of the molecule is Nc1ncnc2c1ncn2[C@@H]1O[C@H](COP(=O)(O)O)[C@@H](OP(=O)(O)O)[C@H]1O.Nc1ncnc2c1ncn2[C@@H]1O[C@H](COP(=O)(O)OS(=O)(=O)O)[C@@H](OP(=O)(O)O)[C@H]1O. The van der Waals surface area contributed by atoms with Gasteiger partial charge in [0.2, 0.25) is 0 Å². The summed E-state index contributed by atoms with van der Waals surface area (Å²) < 4.78 is 109. The van der Waals surface area contributed by atoms with Crippen molar-refractivity contribution in [2.24, 2.45) is 0 Å². The van der Waals surface area contributed by atoms with Crippen molar-refractivity contribution in [1.82, 2.24) is 39.0 Å². The first kappa shape index (κ1) is 46.0. The van der Waals surface area contributed by atoms with Crippen LogP contribution in [-0.4, -0.2) is 146 Å². The monoisotopic (exact) mass is 934 g/mol. The summed E-state index contributed by atoms with van der Waals surface area (Å²) in [7, 11) is -26.0. The summed E-state index contributed by atoms with van der Waals surface area (Å²) in [5.74, 6) is 0.0401. The Labute approximate surface area is 320 Å². The van der Waals surface area contributed by atoms with Crippen molar-refractivity contribution in [3.8, 4) is 0 Å². The summed E-state index contributed by atoms with van der Waals surface area (Å²) in [4.78, 5) is 86.5. The first-order chi connectivity index (χ1) is 26.6. The molecule has 0 bridgehead atoms. The van der Waals surface area contributed by atoms with Gasteiger partial charge in [0.25, 0.3) is 0 Å². The molecule has 2 saturated heterocycles. The number of phosphoric ester groups is 4. The highest BCUT2D eigenvalue weighted by Crippen LogP contribution is 2.49. The van der Waals surface area contributed by atoms with Crippen LogP contribution in [0.1, 0.15) is 12.5 Å². The molecular formula is C20H30N10O23P4S. The molecule has 0 spiro atoms. The van der Waals surface area contributed by atoms with E-state index in [-0.39, 0.29) is 34.0 Å². The van der Waals surface area contributed by atoms with E-state index in [1.165, 1.54) is 10.9 Å². The standard InChI is InChI=1S/C10H15N5O13P2S.C10H15N5O10P2/c11-8-5-9(13-2-12-8)15(3-14-5)10-6(16)7(27-29(17,18)19)4(26-10)1-25-30(20,21)28-31(22,23)24;11-8-5-9(13-2-12-8)15(3-14-5)10-6(16)7(25-27(20,21)22)4(24-10)1-23-26(17,18)19/h2-4,6-7,10,16H,1H2,(H,20,21)(H2,11,12,13)(H2,17,18,19)(H,22,23,24);2-4,6-7,10,16H,1H2,(H2,11,12,13)(H2,17,18,19)(H2,20,21,22)/t2*4-,6-,7-,10-/m11/s1. The molecule has 324 valence electrons. The molecule has 4 aromatic heterocycles. The van der Waals surface area contributed by atoms with Crippen molar-refractivity contribution in [1.29, 1.82) is 0 Å². The number of rotatable bonds is 14. The van der Waals surface area contributed by atoms with Crippen LogP contribution in [0.2, 0.25) is 0 Å². The molecule has 6 rings (SSSR count). The summed E-state index contributed by atoms with van der Waals surface area (Å²) in [6.45, 7) is -1.88. The Balaban J connectivity index is 0.000000223. The van der Waals surface area contributed by atoms with E-state index in [4.69, 9.17) is 54.9 Å². The second-order valence-corrected chi connectivity index (χ2v) is 17.7. The van der Waals surface area contributed by atoms with Gasteiger partial charge in [-0.3, -0.25) is 31.8 Å². The first-order valence-corrected chi connectivity index (χ1v) is 22.4. The van der Waals surface area contributed by atoms with E-state index in [2.05, 4.69) is 52.0 Å². The molecule has 0 amide bonds. The molecule has 2 aliphatic rings. The van der Waals surface area contributed by atoms with Crippen LogP contribution in [0, 0.1) is 0 Å². The van der Waals surface area contributed by atoms with Crippen LogP contribution < -0.4 is 11.5 Å². The number of hydrogen-bond acceptors (Lipinski definition) is 23. The number of aromatic nitrogens is 8. The van der Waals surface area contributed by atoms with E-state index in [1.54, 1.807) is 0 Å². The molecule has 14 N–H and O–H groups in total. The molecule has 6 heterocycles. The highest BCUT2D eigenvalue weighted by Gasteiger charge is 2.51. The van der Waals surface area contributed by atoms with Crippen LogP contribution in [0.15, 0.2) is 25.3 Å². The van der Waals surface area contributed by atoms with Crippen molar-refractivity contribution in [3.63, 3.8) is 0 Å². The second kappa shape index (κ2) is 17.1. The number of nitrogens with two attached hydrogens (primary N) is 2. The number of nitrogens with zero attached hydrogens (tertiary/aromatic N) is 8. The van der Waals surface area contributed by atoms with Crippen LogP contribution in [0.4, 0.5) is 11.6 Å². The summed E-state index contributed by atoms with van der Waals surface area (Å²) >= 11 is 0. The highest BCUT2D eigenvalue weighted by atomic mass is 32.3. The molecule has 2 fully saturated rings. The number of hydrogen-bond donors (Lipinski definition) is 12. The average Bonchev–Trinajstić information content (AvgIpc) is 3.83. The normalized spacial score (nSPS) is 26.8. The predicted molar refractivity (Wildman–Crippen MR) is 180 cm³/mol. The zero-order valence-electron chi connectivity index (χ0n) is 28.1. The average molecular weight is 934 g/mol. The van der Waals surface area contributed by atoms with Gasteiger partial charge in [0.05, 0.1) is 25.9 Å². The second-order valence-electron chi connectivity index (χ2n) is 11.5. The van der Waals surface area contributed by atoms with Crippen LogP contribution in [0.25, 0.3) is 22.3 Å². The van der Waals surface area contributed by atoms with E-state index in [9.17, 15) is 41.8 Å². The largest absolute Gasteiger partial charge is 0.488 e. The summed E-state index contributed by atoms with van der Waals surface area (Å²) in [5, 5.41) is 21.0. The zero-order valence-corrected chi connectivity index (χ0v) is 32.4. The predicted octanol–water partition coefficient (Wildman–Crippen LogP) is -3.66. The molecule has 0 radical (unpaired) electrons. The van der Waals surface area contributed by atoms with Crippen molar-refractivity contribution >= 4 is 75.7 Å². The van der Waals surface area contributed by atoms with Gasteiger partial charge in [0, 0.05) is 0 Å². The Morgan fingerprint density at radius 1 is 0.655 bits per heavy atom. The zero-order chi connectivity index (χ0) is 43.2. The van der Waals surface area contributed by atoms with Crippen LogP contribution in [-0.2, 0) is 60.2 Å². The fourth-order valence-corrected chi connectivity index (χ4v) is 8.29. The van der Waals surface area contributed by atoms with Crippen molar-refractivity contribution in [2.75, 3.05) is 24.7 Å². The minimum atomic E-state index is -5.39. The van der Waals surface area contributed by atoms with Gasteiger partial charge in [-0.2, -0.15) is 8.42 Å². The van der Waals surface area contributed by atoms with Crippen LogP contribution in [0.5, 0.6) is 0 Å². The van der Waals surface area contributed by atoms with E-state index >= 15 is 0 Å². The van der Waals surface area contributed by atoms with Crippen LogP contribution in [0.3, 0.4) is 0 Å². The van der Waals surface area contributed by atoms with Crippen molar-refractivity contribution < 1.29 is 107 Å². The Morgan fingerprint density at radius 2 is 1.05 bits per heavy atom. The molecule has 9 atom stereocenters. The Kier molecular flexibility index (Phi) is 13.6. The Morgan fingerprint density at radius 3 is 1.41 bits per heavy atom. The van der Waals surface area contributed by atoms with E-state index in [0.717, 1.165) is 23.5 Å². The van der Waals surface area contributed by atoms with Crippen LogP contribution >= 0.6 is 31.3 Å². The Bertz CT molecular complexity index is 2420. The minimum Gasteiger partial charge on any atom is -0.386 e. The van der Waals surface area contributed by atoms with Gasteiger partial charge >= 0.3 is 41.7 Å². The van der Waals surface area contributed by atoms with Crippen molar-refractivity contribution in [2.45, 2.75) is 49.1 Å². The number of aliphatic hydroxyl groups excluding tert-OH is 2. The van der Waals surface area contributed by atoms with E-state index in [0.29, 0.717) is 0 Å². The lowest BCUT2D eigenvalue weighted by atomic mass is 10.1. The summed E-state index contributed by atoms with van der Waals surface area (Å²) in [6.07, 6.45) is -8.29. The fourth-order valence-electron chi connectivity index (χ4n) is 5.34. The molecule has 4 aromatic rings. The third-order valence-electron chi connectivity index (χ3n) is 7.46. The van der Waals surface area contributed by atoms with E-state index < -0.39 is 104 Å². The topological polar surface area (TPSA) is 509 Å². The molecule has 58 heavy (non-hydrogen) atoms. The smallest absolute Gasteiger partial charge is 0.386 e. The fraction of sp³-hybridized carbons (Fsp3) is 0.500. The molecule has 2 aliphatic heterocycles. The minimum absolute atomic E-state index is 0.0114. The lowest BCUT2D eigenvalue weighted by Crippen LogP contribution is -2.35. The third kappa shape index (κ3) is 11.6. The van der Waals surface area contributed by atoms with Gasteiger partial charge < -0.3 is 65.4 Å². The Hall–Kier alpha value is -3.11. The number of anilines is 2. The molecule has 0 aliphatic carbocycles. The quantitative estimate of drug-likeness (QED) is 0.0428. The number of fused-ring (bicyclic) bond motifs is 2. The van der Waals surface area contributed by atoms with Gasteiger partial charge in [0.15, 0.2) is 35.4 Å². The maximum Gasteiger partial charge on any atom is 0.488 e. The molecular weight excluding hydrogens is 904 g/mol. The van der Waals surface area contributed by atoms with Gasteiger partial charge in [-0.1, -0.05) is 0 Å². The maximum absolute atomic E-state index is 11.6.